The number of hydrogen-bond donors (Lipinski definition) is 0. The molecular formula is C54H26F12N4. The molecule has 0 aliphatic carbocycles. The highest BCUT2D eigenvalue weighted by Gasteiger charge is 2.40. The van der Waals surface area contributed by atoms with Crippen molar-refractivity contribution in [1.82, 2.24) is 9.13 Å². The fourth-order valence-electron chi connectivity index (χ4n) is 9.29. The van der Waals surface area contributed by atoms with Gasteiger partial charge in [0.1, 0.15) is 11.6 Å². The molecule has 0 aliphatic heterocycles. The molecule has 346 valence electrons. The van der Waals surface area contributed by atoms with Gasteiger partial charge in [-0.1, -0.05) is 91.0 Å². The first kappa shape index (κ1) is 45.3. The molecule has 16 heteroatoms. The summed E-state index contributed by atoms with van der Waals surface area (Å²) in [5.41, 5.74) is -4.77. The van der Waals surface area contributed by atoms with Crippen LogP contribution < -0.4 is 0 Å². The lowest BCUT2D eigenvalue weighted by atomic mass is 9.95. The van der Waals surface area contributed by atoms with Crippen LogP contribution in [0.15, 0.2) is 158 Å². The molecule has 0 spiro atoms. The van der Waals surface area contributed by atoms with E-state index >= 15 is 0 Å². The van der Waals surface area contributed by atoms with E-state index in [1.165, 1.54) is 36.4 Å². The van der Waals surface area contributed by atoms with Crippen LogP contribution in [0.2, 0.25) is 0 Å². The molecule has 0 fully saturated rings. The largest absolute Gasteiger partial charge is 0.417 e. The third-order valence-electron chi connectivity index (χ3n) is 12.3. The van der Waals surface area contributed by atoms with Gasteiger partial charge in [-0.25, -0.2) is 0 Å². The smallest absolute Gasteiger partial charge is 0.308 e. The molecule has 0 unspecified atom stereocenters. The van der Waals surface area contributed by atoms with E-state index in [9.17, 15) is 63.2 Å². The summed E-state index contributed by atoms with van der Waals surface area (Å²) in [7, 11) is 0. The first-order valence-electron chi connectivity index (χ1n) is 20.9. The number of fused-ring (bicyclic) bond motifs is 6. The number of hydrogen-bond acceptors (Lipinski definition) is 2. The Labute approximate surface area is 387 Å². The maximum atomic E-state index is 14.7. The molecule has 10 rings (SSSR count). The van der Waals surface area contributed by atoms with Crippen LogP contribution in [0.25, 0.3) is 88.4 Å². The molecule has 0 saturated heterocycles. The molecule has 0 saturated carbocycles. The Balaban J connectivity index is 1.31. The SMILES string of the molecule is N#Cc1cccc(-c2ccc(-n3c4ccccc4c4ccc(-c5ccc(C(F)(F)F)cc5C(F)(F)F)cc43)c(C#N)c2-n2c3ccccc3c3ccc(-c4ccc(C(F)(F)F)cc4C(F)(F)F)cc32)c1. The zero-order valence-electron chi connectivity index (χ0n) is 35.3. The maximum absolute atomic E-state index is 14.7. The van der Waals surface area contributed by atoms with Crippen molar-refractivity contribution < 1.29 is 52.7 Å². The number of aromatic nitrogens is 2. The highest BCUT2D eigenvalue weighted by Crippen LogP contribution is 2.47. The zero-order valence-corrected chi connectivity index (χ0v) is 35.3. The molecule has 2 heterocycles. The van der Waals surface area contributed by atoms with Crippen molar-refractivity contribution in [2.45, 2.75) is 24.7 Å². The first-order chi connectivity index (χ1) is 33.2. The number of alkyl halides is 12. The van der Waals surface area contributed by atoms with Gasteiger partial charge in [0.05, 0.1) is 67.3 Å². The molecule has 0 atom stereocenters. The van der Waals surface area contributed by atoms with E-state index in [-0.39, 0.29) is 56.8 Å². The quantitative estimate of drug-likeness (QED) is 0.161. The van der Waals surface area contributed by atoms with Crippen LogP contribution in [0.3, 0.4) is 0 Å². The van der Waals surface area contributed by atoms with Crippen LogP contribution in [0.1, 0.15) is 33.4 Å². The molecule has 4 nitrogen and oxygen atoms in total. The molecule has 70 heavy (non-hydrogen) atoms. The minimum Gasteiger partial charge on any atom is -0.308 e. The predicted molar refractivity (Wildman–Crippen MR) is 241 cm³/mol. The van der Waals surface area contributed by atoms with Gasteiger partial charge in [0.15, 0.2) is 0 Å². The topological polar surface area (TPSA) is 57.4 Å². The summed E-state index contributed by atoms with van der Waals surface area (Å²) in [6.07, 6.45) is -20.6. The second-order valence-corrected chi connectivity index (χ2v) is 16.3. The Morgan fingerprint density at radius 2 is 0.814 bits per heavy atom. The van der Waals surface area contributed by atoms with Crippen molar-refractivity contribution in [3.05, 3.63) is 191 Å². The number of nitriles is 2. The van der Waals surface area contributed by atoms with Crippen LogP contribution in [-0.4, -0.2) is 9.13 Å². The number of halogens is 12. The van der Waals surface area contributed by atoms with Crippen molar-refractivity contribution >= 4 is 43.6 Å². The average Bonchev–Trinajstić information content (AvgIpc) is 3.83. The normalized spacial score (nSPS) is 12.5. The van der Waals surface area contributed by atoms with Gasteiger partial charge < -0.3 is 9.13 Å². The summed E-state index contributed by atoms with van der Waals surface area (Å²) < 4.78 is 173. The van der Waals surface area contributed by atoms with Gasteiger partial charge in [0.25, 0.3) is 0 Å². The monoisotopic (exact) mass is 958 g/mol. The highest BCUT2D eigenvalue weighted by atomic mass is 19.4. The lowest BCUT2D eigenvalue weighted by Crippen LogP contribution is -2.12. The summed E-state index contributed by atoms with van der Waals surface area (Å²) in [4.78, 5) is 0. The number of benzene rings is 8. The van der Waals surface area contributed by atoms with E-state index in [2.05, 4.69) is 12.1 Å². The van der Waals surface area contributed by atoms with Crippen LogP contribution in [0.5, 0.6) is 0 Å². The summed E-state index contributed by atoms with van der Waals surface area (Å²) in [5.74, 6) is 0. The van der Waals surface area contributed by atoms with Gasteiger partial charge >= 0.3 is 24.7 Å². The van der Waals surface area contributed by atoms with Crippen LogP contribution >= 0.6 is 0 Å². The minimum atomic E-state index is -5.22. The fourth-order valence-corrected chi connectivity index (χ4v) is 9.29. The van der Waals surface area contributed by atoms with Crippen LogP contribution in [-0.2, 0) is 24.7 Å². The van der Waals surface area contributed by atoms with E-state index < -0.39 is 58.1 Å². The summed E-state index contributed by atoms with van der Waals surface area (Å²) in [5, 5.41) is 23.6. The summed E-state index contributed by atoms with van der Waals surface area (Å²) in [6, 6.07) is 39.0. The Bertz CT molecular complexity index is 3870. The van der Waals surface area contributed by atoms with Crippen molar-refractivity contribution in [1.29, 1.82) is 10.5 Å². The molecule has 0 radical (unpaired) electrons. The number of rotatable bonds is 5. The predicted octanol–water partition coefficient (Wildman–Crippen LogP) is 16.7. The van der Waals surface area contributed by atoms with E-state index in [0.717, 1.165) is 12.1 Å². The van der Waals surface area contributed by atoms with E-state index in [1.807, 2.05) is 0 Å². The molecule has 8 aromatic carbocycles. The summed E-state index contributed by atoms with van der Waals surface area (Å²) >= 11 is 0. The Hall–Kier alpha value is -8.50. The van der Waals surface area contributed by atoms with Gasteiger partial charge in [-0.2, -0.15) is 63.2 Å². The standard InChI is InChI=1S/C54H26F12N4/c55-51(56,57)33-14-18-35(43(25-33)53(61,62)63)31-12-16-40-38-8-1-3-10-45(38)69(48(40)23-31)47-21-20-37(30-7-5-6-29(22-30)27-67)50(42(47)28-68)70-46-11-4-2-9-39(46)41-17-13-32(24-49(41)70)36-19-15-34(52(58,59)60)26-44(36)54(64,65)66/h1-26H. The molecule has 0 bridgehead atoms. The van der Waals surface area contributed by atoms with Crippen LogP contribution in [0.4, 0.5) is 52.7 Å². The summed E-state index contributed by atoms with van der Waals surface area (Å²) in [6.45, 7) is 0. The second-order valence-electron chi connectivity index (χ2n) is 16.3. The van der Waals surface area contributed by atoms with Crippen molar-refractivity contribution in [3.63, 3.8) is 0 Å². The molecular weight excluding hydrogens is 933 g/mol. The molecule has 0 amide bonds. The average molecular weight is 959 g/mol. The first-order valence-corrected chi connectivity index (χ1v) is 20.9. The molecule has 2 aromatic heterocycles. The fraction of sp³-hybridized carbons (Fsp3) is 0.0741. The molecule has 0 aliphatic rings. The van der Waals surface area contributed by atoms with Gasteiger partial charge in [0, 0.05) is 27.1 Å². The Kier molecular flexibility index (Phi) is 10.4. The Morgan fingerprint density at radius 1 is 0.357 bits per heavy atom. The third-order valence-corrected chi connectivity index (χ3v) is 12.3. The lowest BCUT2D eigenvalue weighted by Gasteiger charge is -2.21. The number of para-hydroxylation sites is 2. The van der Waals surface area contributed by atoms with Crippen molar-refractivity contribution in [3.8, 4) is 56.9 Å². The van der Waals surface area contributed by atoms with E-state index in [4.69, 9.17) is 0 Å². The highest BCUT2D eigenvalue weighted by molar-refractivity contribution is 6.13. The van der Waals surface area contributed by atoms with Crippen molar-refractivity contribution in [2.24, 2.45) is 0 Å². The Morgan fingerprint density at radius 3 is 1.30 bits per heavy atom. The maximum Gasteiger partial charge on any atom is 0.417 e. The molecule has 0 N–H and O–H groups in total. The third kappa shape index (κ3) is 7.52. The van der Waals surface area contributed by atoms with Crippen molar-refractivity contribution in [2.75, 3.05) is 0 Å². The zero-order chi connectivity index (χ0) is 49.7. The van der Waals surface area contributed by atoms with Gasteiger partial charge in [-0.15, -0.1) is 0 Å². The van der Waals surface area contributed by atoms with Gasteiger partial charge in [0.2, 0.25) is 0 Å². The van der Waals surface area contributed by atoms with E-state index in [1.54, 1.807) is 94.1 Å². The minimum absolute atomic E-state index is 0.0469. The second kappa shape index (κ2) is 16.1. The number of nitrogens with zero attached hydrogens (tertiary/aromatic N) is 4. The van der Waals surface area contributed by atoms with E-state index in [0.29, 0.717) is 55.8 Å². The van der Waals surface area contributed by atoms with Gasteiger partial charge in [-0.05, 0) is 94.5 Å². The lowest BCUT2D eigenvalue weighted by molar-refractivity contribution is -0.144. The molecule has 10 aromatic rings. The van der Waals surface area contributed by atoms with Crippen LogP contribution in [0, 0.1) is 22.7 Å². The van der Waals surface area contributed by atoms with Gasteiger partial charge in [-0.3, -0.25) is 0 Å².